The van der Waals surface area contributed by atoms with Gasteiger partial charge in [-0.3, -0.25) is 52.7 Å². The average Bonchev–Trinajstić information content (AvgIpc) is 0.801. The lowest BCUT2D eigenvalue weighted by Crippen LogP contribution is -2.43. The first-order valence-corrected chi connectivity index (χ1v) is 44.5. The number of nitrogens with one attached hydrogen (secondary N) is 6. The number of alkyl carbamates (subject to hydrolysis) is 2. The van der Waals surface area contributed by atoms with Crippen molar-refractivity contribution in [3.05, 3.63) is 121 Å². The van der Waals surface area contributed by atoms with Crippen molar-refractivity contribution in [2.24, 2.45) is 31.6 Å². The van der Waals surface area contributed by atoms with Gasteiger partial charge >= 0.3 is 12.2 Å². The highest BCUT2D eigenvalue weighted by molar-refractivity contribution is 5.96. The number of rotatable bonds is 63. The number of unbranched alkanes of at least 4 members (excludes halogenated alkanes) is 3. The van der Waals surface area contributed by atoms with Crippen LogP contribution in [0.4, 0.5) is 9.59 Å². The minimum atomic E-state index is -0.961. The van der Waals surface area contributed by atoms with Crippen LogP contribution >= 0.6 is 0 Å². The highest BCUT2D eigenvalue weighted by Gasteiger charge is 2.29. The van der Waals surface area contributed by atoms with Crippen LogP contribution < -0.4 is 46.1 Å². The first-order valence-electron chi connectivity index (χ1n) is 44.5. The van der Waals surface area contributed by atoms with Crippen molar-refractivity contribution in [3.63, 3.8) is 0 Å². The smallest absolute Gasteiger partial charge is 0.408 e. The van der Waals surface area contributed by atoms with Gasteiger partial charge in [-0.25, -0.2) is 9.59 Å². The molecule has 0 aliphatic carbocycles. The molecular formula is C92H143N15O24. The molecule has 3 rings (SSSR count). The van der Waals surface area contributed by atoms with Gasteiger partial charge in [0.2, 0.25) is 5.91 Å². The van der Waals surface area contributed by atoms with E-state index in [0.717, 1.165) is 12.8 Å². The molecule has 0 saturated heterocycles. The van der Waals surface area contributed by atoms with Crippen LogP contribution in [-0.4, -0.2) is 224 Å². The van der Waals surface area contributed by atoms with Gasteiger partial charge in [0.15, 0.2) is 47.6 Å². The molecule has 0 aromatic heterocycles. The van der Waals surface area contributed by atoms with Gasteiger partial charge in [0, 0.05) is 119 Å². The number of Topliss-reactive ketones (excluding diaryl/α,β-unsaturated/α-hetero) is 7. The lowest BCUT2D eigenvalue weighted by molar-refractivity contribution is -0.132. The van der Waals surface area contributed by atoms with Crippen molar-refractivity contribution in [3.8, 4) is 17.2 Å². The Morgan fingerprint density at radius 3 is 0.969 bits per heavy atom. The summed E-state index contributed by atoms with van der Waals surface area (Å²) < 4.78 is 60.1. The number of ketones is 7. The third-order valence-electron chi connectivity index (χ3n) is 18.5. The van der Waals surface area contributed by atoms with Gasteiger partial charge in [-0.15, -0.1) is 0 Å². The summed E-state index contributed by atoms with van der Waals surface area (Å²) in [6.07, 6.45) is 3.97. The van der Waals surface area contributed by atoms with Crippen LogP contribution in [0.1, 0.15) is 265 Å². The molecule has 0 aliphatic rings. The molecule has 131 heavy (non-hydrogen) atoms. The highest BCUT2D eigenvalue weighted by atomic mass is 16.6. The Morgan fingerprint density at radius 1 is 0.366 bits per heavy atom. The normalized spacial score (nSPS) is 12.4. The summed E-state index contributed by atoms with van der Waals surface area (Å²) in [6.45, 7) is 33.8. The molecule has 3 unspecified atom stereocenters. The van der Waals surface area contributed by atoms with E-state index in [1.54, 1.807) is 130 Å². The lowest BCUT2D eigenvalue weighted by atomic mass is 9.91. The Balaban J connectivity index is 0.00000100. The molecule has 0 heterocycles. The van der Waals surface area contributed by atoms with Gasteiger partial charge in [0.1, 0.15) is 79.7 Å². The second-order valence-electron chi connectivity index (χ2n) is 35.3. The summed E-state index contributed by atoms with van der Waals surface area (Å²) in [7, 11) is 0. The molecule has 39 heteroatoms. The molecule has 0 aliphatic heterocycles. The fraction of sp³-hybridized carbons (Fsp3) is 0.663. The molecule has 0 fully saturated rings. The fourth-order valence-corrected chi connectivity index (χ4v) is 10.7. The van der Waals surface area contributed by atoms with Gasteiger partial charge in [-0.1, -0.05) is 129 Å². The number of hydrogen-bond acceptors (Lipinski definition) is 27. The van der Waals surface area contributed by atoms with E-state index < -0.39 is 70.4 Å². The zero-order valence-corrected chi connectivity index (χ0v) is 80.0. The van der Waals surface area contributed by atoms with E-state index in [1.807, 2.05) is 55.4 Å². The third-order valence-corrected chi connectivity index (χ3v) is 18.5. The molecule has 3 aromatic carbocycles. The molecule has 730 valence electrons. The van der Waals surface area contributed by atoms with E-state index in [-0.39, 0.29) is 169 Å². The number of ether oxygens (including phenoxy) is 11. The van der Waals surface area contributed by atoms with E-state index >= 15 is 0 Å². The SMILES string of the molecule is CCC(=O)CCCCC[C@H](NC(=O)OC(C)(C)C)C(=O)CCCNC(=O)c1cccc(OCC(N=[N+]=[N-])OCCOCC(=O)C(C)(C)C)c1.CCC(=O)CCCNC(=O)c1cccc(OCC(N=[N+]=[N-])OCCOCC(=O)C(C)(C)C)c1.CCC(=O)NCCCC[C@H](NC(=O)OC(C)(C)C)C(=O)CCCNC(=O)c1cccc(OCC(N=[N+]=[N-])OCCOCC(=O)C(C)(C)C)c1. The minimum absolute atomic E-state index is 0.0146. The number of benzene rings is 3. The van der Waals surface area contributed by atoms with Crippen LogP contribution in [0.15, 0.2) is 88.1 Å². The maximum absolute atomic E-state index is 13.0. The zero-order chi connectivity index (χ0) is 98.4. The van der Waals surface area contributed by atoms with Crippen LogP contribution in [-0.2, 0) is 76.3 Å². The number of hydrogen-bond donors (Lipinski definition) is 6. The molecule has 0 saturated carbocycles. The fourth-order valence-electron chi connectivity index (χ4n) is 10.7. The number of carbonyl (C=O) groups is 13. The zero-order valence-electron chi connectivity index (χ0n) is 80.0. The number of azide groups is 3. The molecule has 6 N–H and O–H groups in total. The molecule has 6 amide bonds. The van der Waals surface area contributed by atoms with Crippen molar-refractivity contribution in [1.82, 2.24) is 31.9 Å². The molecule has 0 radical (unpaired) electrons. The molecule has 5 atom stereocenters. The van der Waals surface area contributed by atoms with E-state index in [4.69, 9.17) is 68.7 Å². The van der Waals surface area contributed by atoms with E-state index in [1.165, 1.54) is 12.1 Å². The molecule has 39 nitrogen and oxygen atoms in total. The molecular weight excluding hydrogens is 1700 g/mol. The molecule has 3 aromatic rings. The Kier molecular flexibility index (Phi) is 58.9. The topological polar surface area (TPSA) is 542 Å². The summed E-state index contributed by atoms with van der Waals surface area (Å²) in [5.74, 6) is -0.0213. The molecule has 0 spiro atoms. The predicted molar refractivity (Wildman–Crippen MR) is 490 cm³/mol. The van der Waals surface area contributed by atoms with Gasteiger partial charge < -0.3 is 84.0 Å². The minimum Gasteiger partial charge on any atom is -0.491 e. The maximum Gasteiger partial charge on any atom is 0.408 e. The van der Waals surface area contributed by atoms with Crippen LogP contribution in [0.5, 0.6) is 17.2 Å². The van der Waals surface area contributed by atoms with Crippen LogP contribution in [0.3, 0.4) is 0 Å². The monoisotopic (exact) mass is 1840 g/mol. The number of carbonyl (C=O) groups excluding carboxylic acids is 13. The second-order valence-corrected chi connectivity index (χ2v) is 35.3. The van der Waals surface area contributed by atoms with Gasteiger partial charge in [-0.2, -0.15) is 0 Å². The average molecular weight is 1840 g/mol. The van der Waals surface area contributed by atoms with Gasteiger partial charge in [-0.05, 0) is 164 Å². The van der Waals surface area contributed by atoms with E-state index in [9.17, 15) is 62.3 Å². The Hall–Kier alpha value is -11.1. The van der Waals surface area contributed by atoms with Gasteiger partial charge in [0.25, 0.3) is 17.7 Å². The van der Waals surface area contributed by atoms with Crippen molar-refractivity contribution in [1.29, 1.82) is 0 Å². The lowest BCUT2D eigenvalue weighted by Gasteiger charge is -2.23. The Bertz CT molecular complexity index is 4000. The van der Waals surface area contributed by atoms with Crippen molar-refractivity contribution in [2.45, 2.75) is 276 Å². The van der Waals surface area contributed by atoms with Crippen LogP contribution in [0.2, 0.25) is 0 Å². The standard InChI is InChI=1S/C35H55N5O9.C34H54N6O9.C23H34N4O6/c1-8-26(41)15-10-9-11-17-28(38-33(45)49-35(5,6)7)29(42)18-13-19-37-32(44)25-14-12-16-27(22-25)48-24-31(39-40-36)47-21-20-46-23-30(43)34(2,3)4;1-8-29(43)36-17-10-9-15-26(38-32(45)49-34(5,6)7)27(41)16-12-18-37-31(44)24-13-11-14-25(21-24)48-23-30(39-40-35)47-20-19-46-22-28(42)33(2,3)4;1-5-18(28)9-7-11-25-22(30)17-8-6-10-19(14-17)33-16-21(26-27-24)32-13-12-31-15-20(29)23(2,3)4/h12,14,16,22,28,31H,8-11,13,15,17-21,23-24H2,1-7H3,(H,37,44)(H,38,45);11,13-14,21,26,30H,8-10,12,15-20,22-23H2,1-7H3,(H,36,43)(H,37,44)(H,38,45);6,8,10,14,21H,5,7,9,11-13,15-16H2,1-4H3,(H,25,30)/t28-,31?;26-,30?;/m00./s1. The maximum atomic E-state index is 13.0. The van der Waals surface area contributed by atoms with Crippen molar-refractivity contribution in [2.75, 3.05) is 105 Å². The summed E-state index contributed by atoms with van der Waals surface area (Å²) in [5.41, 5.74) is 24.6. The number of nitrogens with zero attached hydrogens (tertiary/aromatic N) is 9. The summed E-state index contributed by atoms with van der Waals surface area (Å²) in [4.78, 5) is 167. The van der Waals surface area contributed by atoms with E-state index in [2.05, 4.69) is 62.0 Å². The Labute approximate surface area is 770 Å². The van der Waals surface area contributed by atoms with Crippen LogP contribution in [0, 0.1) is 16.2 Å². The quantitative estimate of drug-likeness (QED) is 0.0132. The van der Waals surface area contributed by atoms with Crippen LogP contribution in [0.25, 0.3) is 31.3 Å². The largest absolute Gasteiger partial charge is 0.491 e. The van der Waals surface area contributed by atoms with Gasteiger partial charge in [0.05, 0.1) is 51.7 Å². The molecule has 0 bridgehead atoms. The van der Waals surface area contributed by atoms with Crippen molar-refractivity contribution >= 4 is 76.3 Å². The second kappa shape index (κ2) is 65.4. The Morgan fingerprint density at radius 2 is 0.672 bits per heavy atom. The van der Waals surface area contributed by atoms with E-state index in [0.29, 0.717) is 130 Å². The first-order chi connectivity index (χ1) is 61.8. The predicted octanol–water partition coefficient (Wildman–Crippen LogP) is 15.1. The van der Waals surface area contributed by atoms with Crippen molar-refractivity contribution < 1.29 is 114 Å². The highest BCUT2D eigenvalue weighted by Crippen LogP contribution is 2.22. The summed E-state index contributed by atoms with van der Waals surface area (Å²) in [5, 5.41) is 27.2. The third kappa shape index (κ3) is 59.0. The summed E-state index contributed by atoms with van der Waals surface area (Å²) >= 11 is 0. The first kappa shape index (κ1) is 118. The number of amides is 6. The summed E-state index contributed by atoms with van der Waals surface area (Å²) in [6, 6.07) is 17.9.